The molecule has 0 aliphatic rings. The quantitative estimate of drug-likeness (QED) is 0.0979. The number of halogens is 1. The Bertz CT molecular complexity index is 3810. The van der Waals surface area contributed by atoms with Gasteiger partial charge in [0.15, 0.2) is 0 Å². The van der Waals surface area contributed by atoms with E-state index >= 15 is 0 Å². The number of rotatable bonds is 5. The maximum absolute atomic E-state index is 14.5. The molecule has 0 N–H and O–H groups in total. The van der Waals surface area contributed by atoms with Crippen LogP contribution in [-0.2, 0) is 25.5 Å². The molecular weight excluding hydrogens is 1010 g/mol. The molecule has 0 bridgehead atoms. The van der Waals surface area contributed by atoms with Gasteiger partial charge in [-0.1, -0.05) is 168 Å². The van der Waals surface area contributed by atoms with Crippen LogP contribution in [0.5, 0.6) is 0 Å². The van der Waals surface area contributed by atoms with E-state index in [4.69, 9.17) is 19.9 Å². The first kappa shape index (κ1) is 40.0. The fourth-order valence-corrected chi connectivity index (χ4v) is 10.4. The Morgan fingerprint density at radius 2 is 1.42 bits per heavy atom. The Balaban J connectivity index is 0.000000201. The average molecular weight is 1060 g/mol. The van der Waals surface area contributed by atoms with Gasteiger partial charge in [-0.3, -0.25) is 9.37 Å². The summed E-state index contributed by atoms with van der Waals surface area (Å²) in [6, 6.07) is 50.8. The molecule has 0 unspecified atom stereocenters. The van der Waals surface area contributed by atoms with Crippen LogP contribution < -0.4 is 5.19 Å². The van der Waals surface area contributed by atoms with E-state index in [-0.39, 0.29) is 36.6 Å². The molecular formula is C58H51FIrN4OSi-2. The van der Waals surface area contributed by atoms with Crippen molar-refractivity contribution >= 4 is 78.8 Å². The van der Waals surface area contributed by atoms with Crippen LogP contribution in [0.15, 0.2) is 144 Å². The maximum Gasteiger partial charge on any atom is 0.216 e. The van der Waals surface area contributed by atoms with Gasteiger partial charge in [0.25, 0.3) is 0 Å². The number of hydrogen-bond acceptors (Lipinski definition) is 4. The molecule has 4 aromatic heterocycles. The van der Waals surface area contributed by atoms with Crippen LogP contribution in [0.1, 0.15) is 62.7 Å². The zero-order chi connectivity index (χ0) is 48.8. The van der Waals surface area contributed by atoms with Crippen LogP contribution >= 0.6 is 0 Å². The number of aromatic nitrogens is 4. The second-order valence-corrected chi connectivity index (χ2v) is 24.1. The molecule has 0 saturated heterocycles. The van der Waals surface area contributed by atoms with Crippen molar-refractivity contribution in [3.63, 3.8) is 0 Å². The molecule has 0 amide bonds. The molecule has 0 spiro atoms. The monoisotopic (exact) mass is 1060 g/mol. The van der Waals surface area contributed by atoms with Crippen molar-refractivity contribution < 1.29 is 34.4 Å². The predicted molar refractivity (Wildman–Crippen MR) is 272 cm³/mol. The van der Waals surface area contributed by atoms with Gasteiger partial charge in [0.2, 0.25) is 5.71 Å². The largest absolute Gasteiger partial charge is 0.486 e. The zero-order valence-electron chi connectivity index (χ0n) is 42.2. The van der Waals surface area contributed by atoms with Gasteiger partial charge < -0.3 is 14.0 Å². The minimum absolute atomic E-state index is 0. The number of fused-ring (bicyclic) bond motifs is 9. The standard InChI is InChI=1S/C40H28N3O.C18H23FNSi.Ir/c1-40(2,3)27-18-20-28(21-19-27)43-34-22-17-25-10-5-7-12-30(25)36(34)41-38(43)32-14-8-13-31-33-23-26-16-15-24-9-4-6-11-29(24)35(26)42-39(33)44-37(31)32;1-12(2)15-10-17(20-11-18(15)21(4,5)6)14-8-7-13(3)9-16(14)19;/h4-13,15-23H,1-3H3;7,9-12H,1-6H3;/q2*-1;/i;3D3,12D;. The third kappa shape index (κ3) is 8.06. The fourth-order valence-electron chi connectivity index (χ4n) is 8.85. The molecule has 5 nitrogen and oxygen atoms in total. The average Bonchev–Trinajstić information content (AvgIpc) is 3.88. The minimum atomic E-state index is -2.38. The SMILES string of the molecule is CC(C)(C)c1ccc(-n2c(-c3[c-]ccc4c3oc3nc5c(ccc6ccccc65)cc34)nc3c4ccccc4ccc32)cc1.[2H]C([2H])([2H])c1c[c-]c(-c2cc(C([2H])(C)C)c([Si](C)(C)C)cn2)c(F)c1.[Ir]. The van der Waals surface area contributed by atoms with Gasteiger partial charge in [-0.25, -0.2) is 4.98 Å². The zero-order valence-corrected chi connectivity index (χ0v) is 41.6. The van der Waals surface area contributed by atoms with E-state index in [1.165, 1.54) is 11.6 Å². The van der Waals surface area contributed by atoms with Crippen LogP contribution in [0.4, 0.5) is 4.39 Å². The number of hydrogen-bond donors (Lipinski definition) is 0. The van der Waals surface area contributed by atoms with E-state index < -0.39 is 26.6 Å². The molecule has 4 heterocycles. The van der Waals surface area contributed by atoms with Gasteiger partial charge >= 0.3 is 0 Å². The molecule has 8 heteroatoms. The molecule has 0 aliphatic carbocycles. The number of benzene rings is 7. The number of furan rings is 1. The van der Waals surface area contributed by atoms with E-state index in [0.717, 1.165) is 93.7 Å². The smallest absolute Gasteiger partial charge is 0.216 e. The van der Waals surface area contributed by atoms with Crippen LogP contribution in [-0.4, -0.2) is 27.6 Å². The predicted octanol–water partition coefficient (Wildman–Crippen LogP) is 15.2. The second kappa shape index (κ2) is 17.2. The Morgan fingerprint density at radius 3 is 2.09 bits per heavy atom. The third-order valence-electron chi connectivity index (χ3n) is 12.3. The topological polar surface area (TPSA) is 56.7 Å². The summed E-state index contributed by atoms with van der Waals surface area (Å²) in [5.41, 5.74) is 8.72. The van der Waals surface area contributed by atoms with Crippen molar-refractivity contribution in [2.75, 3.05) is 0 Å². The van der Waals surface area contributed by atoms with Crippen LogP contribution in [0.25, 0.3) is 93.9 Å². The number of pyridine rings is 2. The third-order valence-corrected chi connectivity index (χ3v) is 14.3. The van der Waals surface area contributed by atoms with Gasteiger partial charge in [0.1, 0.15) is 0 Å². The summed E-state index contributed by atoms with van der Waals surface area (Å²) >= 11 is 0. The molecule has 0 saturated carbocycles. The van der Waals surface area contributed by atoms with E-state index in [2.05, 4.69) is 171 Å². The Kier molecular flexibility index (Phi) is 10.4. The molecule has 11 rings (SSSR count). The van der Waals surface area contributed by atoms with E-state index in [9.17, 15) is 4.39 Å². The number of imidazole rings is 1. The van der Waals surface area contributed by atoms with Gasteiger partial charge in [0.05, 0.1) is 36.0 Å². The van der Waals surface area contributed by atoms with Crippen molar-refractivity contribution in [1.29, 1.82) is 0 Å². The summed E-state index contributed by atoms with van der Waals surface area (Å²) in [6.45, 7) is 14.5. The van der Waals surface area contributed by atoms with E-state index in [1.54, 1.807) is 26.1 Å². The van der Waals surface area contributed by atoms with Gasteiger partial charge in [0, 0.05) is 64.8 Å². The summed E-state index contributed by atoms with van der Waals surface area (Å²) < 4.78 is 53.9. The normalized spacial score (nSPS) is 13.3. The van der Waals surface area contributed by atoms with Crippen molar-refractivity contribution in [1.82, 2.24) is 19.5 Å². The first-order valence-electron chi connectivity index (χ1n) is 24.0. The van der Waals surface area contributed by atoms with E-state index in [0.29, 0.717) is 11.4 Å². The Labute approximate surface area is 405 Å². The van der Waals surface area contributed by atoms with Crippen molar-refractivity contribution in [2.24, 2.45) is 0 Å². The van der Waals surface area contributed by atoms with Crippen molar-refractivity contribution in [2.45, 2.75) is 72.4 Å². The molecule has 11 aromatic rings. The van der Waals surface area contributed by atoms with Crippen LogP contribution in [0.2, 0.25) is 19.6 Å². The molecule has 1 radical (unpaired) electrons. The summed E-state index contributed by atoms with van der Waals surface area (Å²) in [7, 11) is -1.72. The van der Waals surface area contributed by atoms with Crippen LogP contribution in [0, 0.1) is 24.8 Å². The Morgan fingerprint density at radius 1 is 0.742 bits per heavy atom. The van der Waals surface area contributed by atoms with Gasteiger partial charge in [-0.05, 0) is 62.8 Å². The minimum Gasteiger partial charge on any atom is -0.486 e. The molecule has 66 heavy (non-hydrogen) atoms. The first-order chi connectivity index (χ1) is 32.6. The number of aryl methyl sites for hydroxylation is 1. The molecule has 7 aromatic carbocycles. The summed E-state index contributed by atoms with van der Waals surface area (Å²) in [5, 5.41) is 8.70. The maximum atomic E-state index is 14.5. The first-order valence-corrected chi connectivity index (χ1v) is 25.5. The van der Waals surface area contributed by atoms with Gasteiger partial charge in [-0.2, -0.15) is 0 Å². The molecule has 0 aliphatic heterocycles. The Hall–Kier alpha value is -6.31. The van der Waals surface area contributed by atoms with Crippen molar-refractivity contribution in [3.05, 3.63) is 174 Å². The van der Waals surface area contributed by atoms with E-state index in [1.807, 2.05) is 6.07 Å². The fraction of sp³-hybridized carbons (Fsp3) is 0.190. The van der Waals surface area contributed by atoms with Gasteiger partial charge in [-0.15, -0.1) is 42.0 Å². The van der Waals surface area contributed by atoms with Crippen LogP contribution in [0.3, 0.4) is 0 Å². The molecule has 0 fully saturated rings. The molecule has 0 atom stereocenters. The molecule has 331 valence electrons. The number of nitrogens with zero attached hydrogens (tertiary/aromatic N) is 4. The summed E-state index contributed by atoms with van der Waals surface area (Å²) in [5.74, 6) is -0.724. The summed E-state index contributed by atoms with van der Waals surface area (Å²) in [4.78, 5) is 14.8. The summed E-state index contributed by atoms with van der Waals surface area (Å²) in [6.07, 6.45) is 1.73. The second-order valence-electron chi connectivity index (χ2n) is 19.1. The van der Waals surface area contributed by atoms with Crippen molar-refractivity contribution in [3.8, 4) is 28.3 Å².